The lowest BCUT2D eigenvalue weighted by molar-refractivity contribution is 0.271. The summed E-state index contributed by atoms with van der Waals surface area (Å²) in [7, 11) is 0. The number of hydrogen-bond donors (Lipinski definition) is 1. The Kier molecular flexibility index (Phi) is 3.23. The van der Waals surface area contributed by atoms with Crippen LogP contribution in [0.3, 0.4) is 0 Å². The Morgan fingerprint density at radius 3 is 2.72 bits per heavy atom. The first-order valence-corrected chi connectivity index (χ1v) is 5.78. The number of rotatable bonds is 3. The highest BCUT2D eigenvalue weighted by Gasteiger charge is 2.12. The largest absolute Gasteiger partial charge is 0.492 e. The van der Waals surface area contributed by atoms with Crippen molar-refractivity contribution in [1.82, 2.24) is 4.98 Å². The summed E-state index contributed by atoms with van der Waals surface area (Å²) in [5, 5.41) is 0.287. The highest BCUT2D eigenvalue weighted by atomic mass is 16.5. The van der Waals surface area contributed by atoms with Crippen LogP contribution in [0, 0.1) is 12.8 Å². The van der Waals surface area contributed by atoms with Crippen LogP contribution in [0.5, 0.6) is 5.75 Å². The van der Waals surface area contributed by atoms with Crippen molar-refractivity contribution in [3.63, 3.8) is 0 Å². The first kappa shape index (κ1) is 12.4. The molecule has 0 amide bonds. The zero-order valence-corrected chi connectivity index (χ0v) is 10.6. The van der Waals surface area contributed by atoms with Gasteiger partial charge in [0.05, 0.1) is 12.1 Å². The van der Waals surface area contributed by atoms with Crippen LogP contribution in [0.1, 0.15) is 19.4 Å². The van der Waals surface area contributed by atoms with Crippen molar-refractivity contribution in [2.45, 2.75) is 20.8 Å². The lowest BCUT2D eigenvalue weighted by Gasteiger charge is -2.12. The molecule has 0 spiro atoms. The smallest absolute Gasteiger partial charge is 0.419 e. The van der Waals surface area contributed by atoms with Gasteiger partial charge in [0.15, 0.2) is 0 Å². The second kappa shape index (κ2) is 4.68. The van der Waals surface area contributed by atoms with E-state index in [1.54, 1.807) is 12.1 Å². The number of ether oxygens (including phenoxy) is 1. The minimum atomic E-state index is -0.758. The molecule has 0 radical (unpaired) electrons. The summed E-state index contributed by atoms with van der Waals surface area (Å²) < 4.78 is 10.2. The van der Waals surface area contributed by atoms with Gasteiger partial charge in [-0.25, -0.2) is 9.59 Å². The number of nitrogens with one attached hydrogen (secondary N) is 1. The molecule has 0 aliphatic carbocycles. The lowest BCUT2D eigenvalue weighted by Crippen LogP contribution is -2.16. The van der Waals surface area contributed by atoms with E-state index >= 15 is 0 Å². The molecule has 0 saturated heterocycles. The average molecular weight is 249 g/mol. The van der Waals surface area contributed by atoms with Crippen molar-refractivity contribution in [2.75, 3.05) is 6.61 Å². The molecule has 0 aliphatic heterocycles. The standard InChI is InChI=1S/C13H15NO4/c1-7(2)6-17-11-8(3)4-5-9-10(11)12(15)18-13(16)14-9/h4-5,7H,6H2,1-3H3,(H,14,16). The van der Waals surface area contributed by atoms with E-state index in [4.69, 9.17) is 4.74 Å². The van der Waals surface area contributed by atoms with Crippen molar-refractivity contribution >= 4 is 10.9 Å². The van der Waals surface area contributed by atoms with E-state index in [0.717, 1.165) is 5.56 Å². The fourth-order valence-electron chi connectivity index (χ4n) is 1.70. The number of fused-ring (bicyclic) bond motifs is 1. The van der Waals surface area contributed by atoms with Gasteiger partial charge in [0.25, 0.3) is 0 Å². The van der Waals surface area contributed by atoms with Gasteiger partial charge in [-0.15, -0.1) is 0 Å². The van der Waals surface area contributed by atoms with Gasteiger partial charge in [-0.3, -0.25) is 4.98 Å². The van der Waals surface area contributed by atoms with Crippen LogP contribution >= 0.6 is 0 Å². The van der Waals surface area contributed by atoms with Crippen molar-refractivity contribution < 1.29 is 9.15 Å². The van der Waals surface area contributed by atoms with Gasteiger partial charge in [0, 0.05) is 0 Å². The molecule has 1 heterocycles. The Balaban J connectivity index is 2.66. The zero-order valence-electron chi connectivity index (χ0n) is 10.6. The molecule has 0 bridgehead atoms. The first-order valence-electron chi connectivity index (χ1n) is 5.78. The molecule has 1 aromatic heterocycles. The molecule has 1 N–H and O–H groups in total. The molecule has 0 unspecified atom stereocenters. The molecule has 0 saturated carbocycles. The monoisotopic (exact) mass is 249 g/mol. The Morgan fingerprint density at radius 1 is 1.33 bits per heavy atom. The Morgan fingerprint density at radius 2 is 2.06 bits per heavy atom. The summed E-state index contributed by atoms with van der Waals surface area (Å²) >= 11 is 0. The van der Waals surface area contributed by atoms with E-state index in [0.29, 0.717) is 23.8 Å². The fourth-order valence-corrected chi connectivity index (χ4v) is 1.70. The van der Waals surface area contributed by atoms with Crippen LogP contribution in [0.2, 0.25) is 0 Å². The van der Waals surface area contributed by atoms with Gasteiger partial charge in [-0.2, -0.15) is 0 Å². The molecule has 96 valence electrons. The number of aryl methyl sites for hydroxylation is 1. The maximum absolute atomic E-state index is 11.8. The van der Waals surface area contributed by atoms with Crippen molar-refractivity contribution in [3.05, 3.63) is 38.7 Å². The molecule has 5 nitrogen and oxygen atoms in total. The summed E-state index contributed by atoms with van der Waals surface area (Å²) in [4.78, 5) is 25.3. The zero-order chi connectivity index (χ0) is 13.3. The van der Waals surface area contributed by atoms with Gasteiger partial charge in [0.1, 0.15) is 11.1 Å². The number of hydrogen-bond acceptors (Lipinski definition) is 4. The Hall–Kier alpha value is -2.04. The topological polar surface area (TPSA) is 72.3 Å². The summed E-state index contributed by atoms with van der Waals surface area (Å²) in [6.07, 6.45) is 0. The minimum Gasteiger partial charge on any atom is -0.492 e. The molecule has 5 heteroatoms. The third-order valence-electron chi connectivity index (χ3n) is 2.54. The summed E-state index contributed by atoms with van der Waals surface area (Å²) in [6.45, 7) is 6.38. The highest BCUT2D eigenvalue weighted by Crippen LogP contribution is 2.25. The quantitative estimate of drug-likeness (QED) is 0.900. The summed E-state index contributed by atoms with van der Waals surface area (Å²) in [6, 6.07) is 3.47. The van der Waals surface area contributed by atoms with Gasteiger partial charge in [-0.1, -0.05) is 19.9 Å². The summed E-state index contributed by atoms with van der Waals surface area (Å²) in [5.41, 5.74) is 0.597. The van der Waals surface area contributed by atoms with Gasteiger partial charge >= 0.3 is 11.4 Å². The van der Waals surface area contributed by atoms with Crippen molar-refractivity contribution in [3.8, 4) is 5.75 Å². The Labute approximate surface area is 103 Å². The molecule has 2 aromatic rings. The second-order valence-corrected chi connectivity index (χ2v) is 4.64. The number of benzene rings is 1. The van der Waals surface area contributed by atoms with E-state index in [1.165, 1.54) is 0 Å². The highest BCUT2D eigenvalue weighted by molar-refractivity contribution is 5.85. The molecular weight excluding hydrogens is 234 g/mol. The number of H-pyrrole nitrogens is 1. The van der Waals surface area contributed by atoms with Crippen LogP contribution in [0.25, 0.3) is 10.9 Å². The maximum atomic E-state index is 11.8. The third-order valence-corrected chi connectivity index (χ3v) is 2.54. The first-order chi connectivity index (χ1) is 8.49. The van der Waals surface area contributed by atoms with Crippen LogP contribution in [-0.2, 0) is 0 Å². The molecule has 0 aliphatic rings. The van der Waals surface area contributed by atoms with Crippen LogP contribution < -0.4 is 16.1 Å². The predicted octanol–water partition coefficient (Wildman–Crippen LogP) is 1.82. The van der Waals surface area contributed by atoms with E-state index in [-0.39, 0.29) is 5.39 Å². The molecule has 1 aromatic carbocycles. The normalized spacial score (nSPS) is 11.1. The van der Waals surface area contributed by atoms with Crippen LogP contribution in [0.15, 0.2) is 26.1 Å². The molecule has 18 heavy (non-hydrogen) atoms. The lowest BCUT2D eigenvalue weighted by atomic mass is 10.1. The van der Waals surface area contributed by atoms with Crippen molar-refractivity contribution in [2.24, 2.45) is 5.92 Å². The average Bonchev–Trinajstić information content (AvgIpc) is 2.27. The summed E-state index contributed by atoms with van der Waals surface area (Å²) in [5.74, 6) is 0.0619. The van der Waals surface area contributed by atoms with Crippen LogP contribution in [-0.4, -0.2) is 11.6 Å². The van der Waals surface area contributed by atoms with E-state index < -0.39 is 11.4 Å². The predicted molar refractivity (Wildman–Crippen MR) is 68.2 cm³/mol. The van der Waals surface area contributed by atoms with Crippen molar-refractivity contribution in [1.29, 1.82) is 0 Å². The third kappa shape index (κ3) is 2.30. The molecular formula is C13H15NO4. The van der Waals surface area contributed by atoms with Crippen LogP contribution in [0.4, 0.5) is 0 Å². The van der Waals surface area contributed by atoms with E-state index in [9.17, 15) is 9.59 Å². The molecule has 0 fully saturated rings. The van der Waals surface area contributed by atoms with Gasteiger partial charge < -0.3 is 9.15 Å². The molecule has 0 atom stereocenters. The minimum absolute atomic E-state index is 0.287. The Bertz CT molecular complexity index is 681. The van der Waals surface area contributed by atoms with Gasteiger partial charge in [-0.05, 0) is 24.5 Å². The fraction of sp³-hybridized carbons (Fsp3) is 0.385. The molecule has 2 rings (SSSR count). The second-order valence-electron chi connectivity index (χ2n) is 4.64. The number of aromatic amines is 1. The van der Waals surface area contributed by atoms with E-state index in [2.05, 4.69) is 9.40 Å². The number of aromatic nitrogens is 1. The SMILES string of the molecule is Cc1ccc2[nH]c(=O)oc(=O)c2c1OCC(C)C. The van der Waals surface area contributed by atoms with Gasteiger partial charge in [0.2, 0.25) is 0 Å². The maximum Gasteiger partial charge on any atom is 0.419 e. The van der Waals surface area contributed by atoms with E-state index in [1.807, 2.05) is 20.8 Å².